The molecule has 0 saturated heterocycles. The van der Waals surface area contributed by atoms with Crippen molar-refractivity contribution >= 4 is 5.91 Å². The maximum Gasteiger partial charge on any atom is 0.234 e. The molecule has 1 atom stereocenters. The topological polar surface area (TPSA) is 52.6 Å². The zero-order valence-electron chi connectivity index (χ0n) is 11.4. The molecule has 0 aromatic heterocycles. The summed E-state index contributed by atoms with van der Waals surface area (Å²) < 4.78 is 0. The highest BCUT2D eigenvalue weighted by atomic mass is 16.3. The van der Waals surface area contributed by atoms with Crippen molar-refractivity contribution in [3.05, 3.63) is 35.9 Å². The molecule has 1 aliphatic rings. The van der Waals surface area contributed by atoms with E-state index in [0.29, 0.717) is 19.0 Å². The highest BCUT2D eigenvalue weighted by Crippen LogP contribution is 2.25. The third-order valence-electron chi connectivity index (χ3n) is 3.52. The lowest BCUT2D eigenvalue weighted by molar-refractivity contribution is -0.122. The zero-order valence-corrected chi connectivity index (χ0v) is 11.4. The first-order valence-corrected chi connectivity index (χ1v) is 6.86. The normalized spacial score (nSPS) is 16.4. The zero-order chi connectivity index (χ0) is 13.7. The Morgan fingerprint density at radius 3 is 2.68 bits per heavy atom. The lowest BCUT2D eigenvalue weighted by atomic mass is 10.0. The summed E-state index contributed by atoms with van der Waals surface area (Å²) in [5.74, 6) is 0.0247. The van der Waals surface area contributed by atoms with E-state index in [2.05, 4.69) is 10.2 Å². The Morgan fingerprint density at radius 2 is 2.11 bits per heavy atom. The Morgan fingerprint density at radius 1 is 1.42 bits per heavy atom. The predicted molar refractivity (Wildman–Crippen MR) is 74.7 cm³/mol. The molecule has 104 valence electrons. The van der Waals surface area contributed by atoms with Crippen molar-refractivity contribution in [3.8, 4) is 0 Å². The summed E-state index contributed by atoms with van der Waals surface area (Å²) in [6.07, 6.45) is 2.94. The van der Waals surface area contributed by atoms with Crippen molar-refractivity contribution < 1.29 is 9.90 Å². The van der Waals surface area contributed by atoms with E-state index in [-0.39, 0.29) is 18.6 Å². The third kappa shape index (κ3) is 4.33. The van der Waals surface area contributed by atoms with Crippen LogP contribution in [0.1, 0.15) is 30.9 Å². The molecular formula is C15H22N2O2. The van der Waals surface area contributed by atoms with Gasteiger partial charge in [-0.05, 0) is 31.9 Å². The van der Waals surface area contributed by atoms with Crippen LogP contribution in [0.5, 0.6) is 0 Å². The van der Waals surface area contributed by atoms with Crippen LogP contribution >= 0.6 is 0 Å². The lowest BCUT2D eigenvalue weighted by Crippen LogP contribution is -2.38. The van der Waals surface area contributed by atoms with Gasteiger partial charge in [-0.2, -0.15) is 0 Å². The van der Waals surface area contributed by atoms with Crippen LogP contribution in [-0.2, 0) is 4.79 Å². The number of nitrogens with one attached hydrogen (secondary N) is 1. The molecule has 1 aliphatic carbocycles. The molecule has 2 N–H and O–H groups in total. The van der Waals surface area contributed by atoms with Crippen molar-refractivity contribution in [1.82, 2.24) is 10.2 Å². The van der Waals surface area contributed by atoms with Crippen LogP contribution in [0.2, 0.25) is 0 Å². The van der Waals surface area contributed by atoms with Crippen LogP contribution in [0.3, 0.4) is 0 Å². The molecule has 1 unspecified atom stereocenters. The first-order valence-electron chi connectivity index (χ1n) is 6.86. The van der Waals surface area contributed by atoms with Gasteiger partial charge < -0.3 is 10.4 Å². The maximum absolute atomic E-state index is 12.0. The molecule has 1 saturated carbocycles. The summed E-state index contributed by atoms with van der Waals surface area (Å²) in [7, 11) is 1.99. The van der Waals surface area contributed by atoms with E-state index in [1.165, 1.54) is 12.8 Å². The maximum atomic E-state index is 12.0. The van der Waals surface area contributed by atoms with E-state index in [9.17, 15) is 4.79 Å². The summed E-state index contributed by atoms with van der Waals surface area (Å²) in [6, 6.07) is 10.3. The van der Waals surface area contributed by atoms with Crippen LogP contribution in [0.4, 0.5) is 0 Å². The smallest absolute Gasteiger partial charge is 0.234 e. The van der Waals surface area contributed by atoms with Gasteiger partial charge in [0, 0.05) is 12.6 Å². The average molecular weight is 262 g/mol. The van der Waals surface area contributed by atoms with Gasteiger partial charge in [0.25, 0.3) is 0 Å². The fourth-order valence-corrected chi connectivity index (χ4v) is 2.25. The number of rotatable bonds is 7. The Labute approximate surface area is 114 Å². The monoisotopic (exact) mass is 262 g/mol. The fraction of sp³-hybridized carbons (Fsp3) is 0.533. The van der Waals surface area contributed by atoms with E-state index in [1.807, 2.05) is 37.4 Å². The third-order valence-corrected chi connectivity index (χ3v) is 3.52. The van der Waals surface area contributed by atoms with Crippen molar-refractivity contribution in [2.45, 2.75) is 31.3 Å². The first kappa shape index (κ1) is 14.0. The van der Waals surface area contributed by atoms with Gasteiger partial charge in [-0.1, -0.05) is 30.3 Å². The SMILES string of the molecule is CN(CC(=O)NC(CCO)c1ccccc1)C1CC1. The molecule has 0 bridgehead atoms. The fourth-order valence-electron chi connectivity index (χ4n) is 2.25. The Balaban J connectivity index is 1.90. The van der Waals surface area contributed by atoms with Crippen LogP contribution in [0.25, 0.3) is 0 Å². The largest absolute Gasteiger partial charge is 0.396 e. The first-order chi connectivity index (χ1) is 9.20. The van der Waals surface area contributed by atoms with Crippen LogP contribution in [0.15, 0.2) is 30.3 Å². The number of benzene rings is 1. The number of nitrogens with zero attached hydrogens (tertiary/aromatic N) is 1. The molecular weight excluding hydrogens is 240 g/mol. The van der Waals surface area contributed by atoms with Gasteiger partial charge in [0.15, 0.2) is 0 Å². The van der Waals surface area contributed by atoms with E-state index in [4.69, 9.17) is 5.11 Å². The van der Waals surface area contributed by atoms with Crippen LogP contribution < -0.4 is 5.32 Å². The number of amides is 1. The van der Waals surface area contributed by atoms with Crippen molar-refractivity contribution in [2.75, 3.05) is 20.2 Å². The molecule has 4 heteroatoms. The molecule has 19 heavy (non-hydrogen) atoms. The van der Waals surface area contributed by atoms with Crippen molar-refractivity contribution in [2.24, 2.45) is 0 Å². The molecule has 1 aromatic carbocycles. The van der Waals surface area contributed by atoms with Gasteiger partial charge >= 0.3 is 0 Å². The molecule has 0 aliphatic heterocycles. The second-order valence-corrected chi connectivity index (χ2v) is 5.19. The minimum atomic E-state index is -0.105. The van der Waals surface area contributed by atoms with Crippen molar-refractivity contribution in [1.29, 1.82) is 0 Å². The van der Waals surface area contributed by atoms with Crippen LogP contribution in [-0.4, -0.2) is 42.2 Å². The van der Waals surface area contributed by atoms with E-state index < -0.39 is 0 Å². The number of carbonyl (C=O) groups excluding carboxylic acids is 1. The number of hydrogen-bond acceptors (Lipinski definition) is 3. The molecule has 4 nitrogen and oxygen atoms in total. The number of hydrogen-bond donors (Lipinski definition) is 2. The van der Waals surface area contributed by atoms with Crippen molar-refractivity contribution in [3.63, 3.8) is 0 Å². The van der Waals surface area contributed by atoms with E-state index >= 15 is 0 Å². The summed E-state index contributed by atoms with van der Waals surface area (Å²) in [4.78, 5) is 14.1. The molecule has 0 radical (unpaired) electrons. The molecule has 2 rings (SSSR count). The quantitative estimate of drug-likeness (QED) is 0.779. The molecule has 0 spiro atoms. The summed E-state index contributed by atoms with van der Waals surface area (Å²) in [5.41, 5.74) is 1.04. The predicted octanol–water partition coefficient (Wildman–Crippen LogP) is 1.32. The second-order valence-electron chi connectivity index (χ2n) is 5.19. The van der Waals surface area contributed by atoms with Gasteiger partial charge in [-0.15, -0.1) is 0 Å². The van der Waals surface area contributed by atoms with Gasteiger partial charge in [0.1, 0.15) is 0 Å². The minimum absolute atomic E-state index is 0.0247. The van der Waals surface area contributed by atoms with E-state index in [1.54, 1.807) is 0 Å². The number of likely N-dealkylation sites (N-methyl/N-ethyl adjacent to an activating group) is 1. The highest BCUT2D eigenvalue weighted by Gasteiger charge is 2.27. The molecule has 1 amide bonds. The lowest BCUT2D eigenvalue weighted by Gasteiger charge is -2.21. The number of aliphatic hydroxyl groups is 1. The Bertz CT molecular complexity index is 404. The molecule has 0 heterocycles. The van der Waals surface area contributed by atoms with Gasteiger partial charge in [-0.3, -0.25) is 9.69 Å². The minimum Gasteiger partial charge on any atom is -0.396 e. The summed E-state index contributed by atoms with van der Waals surface area (Å²) in [5, 5.41) is 12.1. The van der Waals surface area contributed by atoms with Gasteiger partial charge in [-0.25, -0.2) is 0 Å². The Kier molecular flexibility index (Phi) is 4.93. The summed E-state index contributed by atoms with van der Waals surface area (Å²) >= 11 is 0. The van der Waals surface area contributed by atoms with Gasteiger partial charge in [0.05, 0.1) is 12.6 Å². The second kappa shape index (κ2) is 6.68. The Hall–Kier alpha value is -1.39. The standard InChI is InChI=1S/C15H22N2O2/c1-17(13-7-8-13)11-15(19)16-14(9-10-18)12-5-3-2-4-6-12/h2-6,13-14,18H,7-11H2,1H3,(H,16,19). The number of aliphatic hydroxyl groups excluding tert-OH is 1. The highest BCUT2D eigenvalue weighted by molar-refractivity contribution is 5.78. The van der Waals surface area contributed by atoms with Crippen LogP contribution in [0, 0.1) is 0 Å². The molecule has 1 aromatic rings. The van der Waals surface area contributed by atoms with E-state index in [0.717, 1.165) is 5.56 Å². The molecule has 1 fully saturated rings. The number of carbonyl (C=O) groups is 1. The van der Waals surface area contributed by atoms with Gasteiger partial charge in [0.2, 0.25) is 5.91 Å². The average Bonchev–Trinajstić information content (AvgIpc) is 3.23. The summed E-state index contributed by atoms with van der Waals surface area (Å²) in [6.45, 7) is 0.498.